The van der Waals surface area contributed by atoms with Gasteiger partial charge in [-0.25, -0.2) is 0 Å². The third kappa shape index (κ3) is 5.58. The van der Waals surface area contributed by atoms with Crippen LogP contribution in [-0.4, -0.2) is 0 Å². The van der Waals surface area contributed by atoms with Crippen molar-refractivity contribution in [1.29, 1.82) is 0 Å². The summed E-state index contributed by atoms with van der Waals surface area (Å²) in [7, 11) is 0. The smallest absolute Gasteiger partial charge is 0.0225 e. The van der Waals surface area contributed by atoms with Gasteiger partial charge in [-0.15, -0.1) is 0 Å². The van der Waals surface area contributed by atoms with E-state index >= 15 is 0 Å². The van der Waals surface area contributed by atoms with Crippen molar-refractivity contribution in [2.45, 2.75) is 33.6 Å². The molecule has 0 bridgehead atoms. The van der Waals surface area contributed by atoms with Gasteiger partial charge in [-0.05, 0) is 30.8 Å². The van der Waals surface area contributed by atoms with Crippen LogP contribution in [0.25, 0.3) is 0 Å². The topological polar surface area (TPSA) is 0 Å². The van der Waals surface area contributed by atoms with Crippen molar-refractivity contribution in [1.82, 2.24) is 0 Å². The van der Waals surface area contributed by atoms with Gasteiger partial charge in [0.1, 0.15) is 0 Å². The molecule has 0 heterocycles. The Labute approximate surface area is 88.7 Å². The fourth-order valence-electron chi connectivity index (χ4n) is 1.41. The van der Waals surface area contributed by atoms with E-state index in [1.807, 2.05) is 18.2 Å². The minimum atomic E-state index is 0.301. The van der Waals surface area contributed by atoms with E-state index in [0.29, 0.717) is 5.41 Å². The molecule has 0 aromatic heterocycles. The Morgan fingerprint density at radius 2 is 1.93 bits per heavy atom. The standard InChI is InChI=1S/C14H22/c1-6-9-11-14(4,5)12-13(8-3)10-7-2/h6-10H,2-3,11-12H2,1,4-5H3/b9-6+,13-10+. The summed E-state index contributed by atoms with van der Waals surface area (Å²) in [5.41, 5.74) is 1.56. The molecule has 0 heteroatoms. The third-order valence-electron chi connectivity index (χ3n) is 2.18. The zero-order valence-electron chi connectivity index (χ0n) is 9.72. The van der Waals surface area contributed by atoms with Crippen molar-refractivity contribution in [3.8, 4) is 0 Å². The summed E-state index contributed by atoms with van der Waals surface area (Å²) in [6, 6.07) is 0. The van der Waals surface area contributed by atoms with E-state index < -0.39 is 0 Å². The van der Waals surface area contributed by atoms with Crippen molar-refractivity contribution < 1.29 is 0 Å². The summed E-state index contributed by atoms with van der Waals surface area (Å²) in [5.74, 6) is 0. The number of rotatable bonds is 6. The van der Waals surface area contributed by atoms with Crippen LogP contribution in [0.3, 0.4) is 0 Å². The van der Waals surface area contributed by atoms with E-state index in [2.05, 4.69) is 46.1 Å². The summed E-state index contributed by atoms with van der Waals surface area (Å²) in [6.07, 6.45) is 12.2. The maximum Gasteiger partial charge on any atom is -0.0225 e. The van der Waals surface area contributed by atoms with Crippen LogP contribution in [-0.2, 0) is 0 Å². The van der Waals surface area contributed by atoms with E-state index in [9.17, 15) is 0 Å². The Morgan fingerprint density at radius 3 is 2.36 bits per heavy atom. The van der Waals surface area contributed by atoms with Crippen LogP contribution in [0.1, 0.15) is 33.6 Å². The molecule has 0 aromatic carbocycles. The molecule has 0 spiro atoms. The molecular weight excluding hydrogens is 168 g/mol. The quantitative estimate of drug-likeness (QED) is 0.422. The number of allylic oxidation sites excluding steroid dienone is 6. The van der Waals surface area contributed by atoms with Crippen molar-refractivity contribution in [2.24, 2.45) is 5.41 Å². The minimum Gasteiger partial charge on any atom is -0.0991 e. The van der Waals surface area contributed by atoms with Gasteiger partial charge in [-0.3, -0.25) is 0 Å². The Bertz CT molecular complexity index is 239. The predicted octanol–water partition coefficient (Wildman–Crippen LogP) is 4.67. The van der Waals surface area contributed by atoms with Gasteiger partial charge in [0, 0.05) is 0 Å². The first-order chi connectivity index (χ1) is 6.55. The van der Waals surface area contributed by atoms with Gasteiger partial charge in [-0.1, -0.05) is 57.4 Å². The van der Waals surface area contributed by atoms with Crippen LogP contribution < -0.4 is 0 Å². The second kappa shape index (κ2) is 6.42. The Balaban J connectivity index is 4.38. The second-order valence-corrected chi connectivity index (χ2v) is 4.30. The third-order valence-corrected chi connectivity index (χ3v) is 2.18. The molecule has 0 aromatic rings. The van der Waals surface area contributed by atoms with E-state index in [1.165, 1.54) is 5.57 Å². The van der Waals surface area contributed by atoms with Gasteiger partial charge < -0.3 is 0 Å². The number of hydrogen-bond donors (Lipinski definition) is 0. The molecule has 0 saturated carbocycles. The molecule has 0 aliphatic heterocycles. The van der Waals surface area contributed by atoms with Crippen molar-refractivity contribution in [3.05, 3.63) is 49.1 Å². The summed E-state index contributed by atoms with van der Waals surface area (Å²) < 4.78 is 0. The minimum absolute atomic E-state index is 0.301. The van der Waals surface area contributed by atoms with Crippen LogP contribution in [0.4, 0.5) is 0 Å². The van der Waals surface area contributed by atoms with Gasteiger partial charge in [0.2, 0.25) is 0 Å². The molecular formula is C14H22. The SMILES string of the molecule is C=C/C=C(\C=C)CC(C)(C)C/C=C/C. The normalized spacial score (nSPS) is 13.2. The van der Waals surface area contributed by atoms with Crippen LogP contribution in [0, 0.1) is 5.41 Å². The average molecular weight is 190 g/mol. The molecule has 0 aliphatic carbocycles. The first-order valence-electron chi connectivity index (χ1n) is 5.11. The van der Waals surface area contributed by atoms with E-state index in [4.69, 9.17) is 0 Å². The number of hydrogen-bond acceptors (Lipinski definition) is 0. The van der Waals surface area contributed by atoms with Gasteiger partial charge in [0.15, 0.2) is 0 Å². The van der Waals surface area contributed by atoms with Gasteiger partial charge in [0.25, 0.3) is 0 Å². The van der Waals surface area contributed by atoms with Gasteiger partial charge >= 0.3 is 0 Å². The first kappa shape index (κ1) is 13.0. The maximum absolute atomic E-state index is 3.81. The average Bonchev–Trinajstić information content (AvgIpc) is 2.14. The van der Waals surface area contributed by atoms with Crippen molar-refractivity contribution in [3.63, 3.8) is 0 Å². The lowest BCUT2D eigenvalue weighted by atomic mass is 9.82. The summed E-state index contributed by atoms with van der Waals surface area (Å²) >= 11 is 0. The highest BCUT2D eigenvalue weighted by Gasteiger charge is 2.16. The lowest BCUT2D eigenvalue weighted by Gasteiger charge is -2.23. The van der Waals surface area contributed by atoms with E-state index in [-0.39, 0.29) is 0 Å². The molecule has 0 unspecified atom stereocenters. The highest BCUT2D eigenvalue weighted by molar-refractivity contribution is 5.22. The van der Waals surface area contributed by atoms with Crippen LogP contribution in [0.5, 0.6) is 0 Å². The van der Waals surface area contributed by atoms with Crippen LogP contribution in [0.2, 0.25) is 0 Å². The molecule has 0 amide bonds. The Kier molecular flexibility index (Phi) is 5.94. The predicted molar refractivity (Wildman–Crippen MR) is 66.3 cm³/mol. The zero-order valence-corrected chi connectivity index (χ0v) is 9.72. The fraction of sp³-hybridized carbons (Fsp3) is 0.429. The zero-order chi connectivity index (χ0) is 11.0. The molecule has 0 radical (unpaired) electrons. The Hall–Kier alpha value is -1.04. The monoisotopic (exact) mass is 190 g/mol. The van der Waals surface area contributed by atoms with E-state index in [1.54, 1.807) is 0 Å². The van der Waals surface area contributed by atoms with Gasteiger partial charge in [0.05, 0.1) is 0 Å². The first-order valence-corrected chi connectivity index (χ1v) is 5.11. The highest BCUT2D eigenvalue weighted by Crippen LogP contribution is 2.29. The van der Waals surface area contributed by atoms with Gasteiger partial charge in [-0.2, -0.15) is 0 Å². The Morgan fingerprint density at radius 1 is 1.29 bits per heavy atom. The largest absolute Gasteiger partial charge is 0.0991 e. The highest BCUT2D eigenvalue weighted by atomic mass is 14.2. The lowest BCUT2D eigenvalue weighted by Crippen LogP contribution is -2.10. The molecule has 0 nitrogen and oxygen atoms in total. The summed E-state index contributed by atoms with van der Waals surface area (Å²) in [6.45, 7) is 14.1. The fourth-order valence-corrected chi connectivity index (χ4v) is 1.41. The molecule has 0 saturated heterocycles. The summed E-state index contributed by atoms with van der Waals surface area (Å²) in [4.78, 5) is 0. The maximum atomic E-state index is 3.81. The molecule has 0 atom stereocenters. The van der Waals surface area contributed by atoms with E-state index in [0.717, 1.165) is 12.8 Å². The molecule has 0 rings (SSSR count). The van der Waals surface area contributed by atoms with Crippen molar-refractivity contribution >= 4 is 0 Å². The van der Waals surface area contributed by atoms with Crippen LogP contribution in [0.15, 0.2) is 49.1 Å². The van der Waals surface area contributed by atoms with Crippen molar-refractivity contribution in [2.75, 3.05) is 0 Å². The molecule has 78 valence electrons. The molecule has 0 fully saturated rings. The summed E-state index contributed by atoms with van der Waals surface area (Å²) in [5, 5.41) is 0. The molecule has 0 aliphatic rings. The molecule has 14 heavy (non-hydrogen) atoms. The molecule has 0 N–H and O–H groups in total. The lowest BCUT2D eigenvalue weighted by molar-refractivity contribution is 0.370. The van der Waals surface area contributed by atoms with Crippen LogP contribution >= 0.6 is 0 Å². The second-order valence-electron chi connectivity index (χ2n) is 4.30.